The molecule has 0 aromatic heterocycles. The molecule has 1 atom stereocenters. The van der Waals surface area contributed by atoms with Crippen molar-refractivity contribution in [2.75, 3.05) is 6.61 Å². The van der Waals surface area contributed by atoms with Gasteiger partial charge in [-0.1, -0.05) is 59.7 Å². The molecule has 5 heteroatoms. The summed E-state index contributed by atoms with van der Waals surface area (Å²) in [6.07, 6.45) is 1.03. The standard InChI is InChI=1S/C10H16OS3Si/c1-9(13-14-12)15-11-8-7-10-5-3-2-4-6-10/h2-6,9,12H,7-8,15H2,1H3. The minimum atomic E-state index is -0.398. The molecule has 0 bridgehead atoms. The minimum absolute atomic E-state index is 0.398. The van der Waals surface area contributed by atoms with Crippen molar-refractivity contribution in [2.45, 2.75) is 18.2 Å². The minimum Gasteiger partial charge on any atom is -0.423 e. The van der Waals surface area contributed by atoms with Gasteiger partial charge in [0.1, 0.15) is 0 Å². The zero-order chi connectivity index (χ0) is 10.9. The van der Waals surface area contributed by atoms with E-state index in [4.69, 9.17) is 4.43 Å². The summed E-state index contributed by atoms with van der Waals surface area (Å²) in [5, 5.41) is 0. The maximum atomic E-state index is 5.72. The van der Waals surface area contributed by atoms with Gasteiger partial charge in [0.15, 0.2) is 9.76 Å². The number of hydrogen-bond acceptors (Lipinski definition) is 4. The molecule has 1 aromatic carbocycles. The van der Waals surface area contributed by atoms with Crippen LogP contribution in [0.25, 0.3) is 0 Å². The topological polar surface area (TPSA) is 9.23 Å². The Morgan fingerprint density at radius 1 is 1.40 bits per heavy atom. The van der Waals surface area contributed by atoms with Gasteiger partial charge in [-0.25, -0.2) is 0 Å². The fourth-order valence-electron chi connectivity index (χ4n) is 1.19. The highest BCUT2D eigenvalue weighted by Crippen LogP contribution is 2.28. The quantitative estimate of drug-likeness (QED) is 0.355. The first kappa shape index (κ1) is 13.5. The van der Waals surface area contributed by atoms with Crippen LogP contribution in [-0.4, -0.2) is 21.2 Å². The Morgan fingerprint density at radius 2 is 2.13 bits per heavy atom. The molecule has 0 fully saturated rings. The highest BCUT2D eigenvalue weighted by molar-refractivity contribution is 9.05. The highest BCUT2D eigenvalue weighted by Gasteiger charge is 2.03. The largest absolute Gasteiger partial charge is 0.423 e. The van der Waals surface area contributed by atoms with Crippen LogP contribution in [0.2, 0.25) is 0 Å². The Kier molecular flexibility index (Phi) is 7.73. The SMILES string of the molecule is CC([SiH2]OCCc1ccccc1)SSS. The Labute approximate surface area is 107 Å². The van der Waals surface area contributed by atoms with E-state index in [1.165, 1.54) is 15.4 Å². The van der Waals surface area contributed by atoms with Crippen LogP contribution in [0.15, 0.2) is 30.3 Å². The van der Waals surface area contributed by atoms with E-state index in [1.807, 2.05) is 6.07 Å². The molecule has 1 nitrogen and oxygen atoms in total. The molecule has 0 aliphatic rings. The molecule has 0 aliphatic heterocycles. The molecular weight excluding hydrogens is 260 g/mol. The molecule has 1 unspecified atom stereocenters. The molecule has 0 spiro atoms. The molecular formula is C10H16OS3Si. The van der Waals surface area contributed by atoms with E-state index in [1.54, 1.807) is 10.8 Å². The second kappa shape index (κ2) is 8.58. The molecule has 1 rings (SSSR count). The summed E-state index contributed by atoms with van der Waals surface area (Å²) in [6, 6.07) is 10.5. The molecule has 0 amide bonds. The summed E-state index contributed by atoms with van der Waals surface area (Å²) in [7, 11) is 2.93. The number of rotatable bonds is 7. The van der Waals surface area contributed by atoms with Gasteiger partial charge in [-0.05, 0) is 21.8 Å². The van der Waals surface area contributed by atoms with E-state index >= 15 is 0 Å². The van der Waals surface area contributed by atoms with E-state index in [0.717, 1.165) is 13.0 Å². The van der Waals surface area contributed by atoms with Crippen molar-refractivity contribution in [3.63, 3.8) is 0 Å². The zero-order valence-corrected chi connectivity index (χ0v) is 12.7. The molecule has 0 saturated heterocycles. The zero-order valence-electron chi connectivity index (χ0n) is 8.76. The maximum Gasteiger partial charge on any atom is 0.174 e. The Hall–Kier alpha value is 0.447. The van der Waals surface area contributed by atoms with E-state index in [9.17, 15) is 0 Å². The van der Waals surface area contributed by atoms with Gasteiger partial charge in [-0.15, -0.1) is 0 Å². The van der Waals surface area contributed by atoms with E-state index < -0.39 is 9.76 Å². The van der Waals surface area contributed by atoms with Gasteiger partial charge in [-0.2, -0.15) is 0 Å². The molecule has 1 aromatic rings. The number of hydrogen-bond donors (Lipinski definition) is 1. The number of thiol groups is 1. The van der Waals surface area contributed by atoms with Gasteiger partial charge in [0.05, 0.1) is 0 Å². The summed E-state index contributed by atoms with van der Waals surface area (Å²) in [5.74, 6) is 0. The summed E-state index contributed by atoms with van der Waals surface area (Å²) < 4.78 is 5.72. The fraction of sp³-hybridized carbons (Fsp3) is 0.400. The molecule has 0 saturated carbocycles. The van der Waals surface area contributed by atoms with Crippen LogP contribution in [0, 0.1) is 0 Å². The van der Waals surface area contributed by atoms with Gasteiger partial charge in [0.2, 0.25) is 0 Å². The van der Waals surface area contributed by atoms with Crippen molar-refractivity contribution < 1.29 is 4.43 Å². The van der Waals surface area contributed by atoms with Gasteiger partial charge in [0, 0.05) is 11.5 Å². The van der Waals surface area contributed by atoms with Crippen LogP contribution in [0.4, 0.5) is 0 Å². The van der Waals surface area contributed by atoms with Crippen LogP contribution >= 0.6 is 32.3 Å². The van der Waals surface area contributed by atoms with Crippen molar-refractivity contribution in [2.24, 2.45) is 0 Å². The van der Waals surface area contributed by atoms with Gasteiger partial charge in [-0.3, -0.25) is 0 Å². The first-order valence-corrected chi connectivity index (χ1v) is 9.57. The summed E-state index contributed by atoms with van der Waals surface area (Å²) >= 11 is 4.11. The lowest BCUT2D eigenvalue weighted by Crippen LogP contribution is -2.13. The fourth-order valence-corrected chi connectivity index (χ4v) is 6.39. The summed E-state index contributed by atoms with van der Waals surface area (Å²) in [6.45, 7) is 3.07. The van der Waals surface area contributed by atoms with E-state index in [-0.39, 0.29) is 0 Å². The third kappa shape index (κ3) is 6.58. The lowest BCUT2D eigenvalue weighted by atomic mass is 10.2. The lowest BCUT2D eigenvalue weighted by molar-refractivity contribution is 0.339. The summed E-state index contributed by atoms with van der Waals surface area (Å²) in [5.41, 5.74) is 1.36. The molecule has 15 heavy (non-hydrogen) atoms. The van der Waals surface area contributed by atoms with Crippen LogP contribution in [0.1, 0.15) is 12.5 Å². The normalized spacial score (nSPS) is 13.5. The van der Waals surface area contributed by atoms with Crippen molar-refractivity contribution in [3.8, 4) is 0 Å². The first-order chi connectivity index (χ1) is 7.33. The average molecular weight is 277 g/mol. The number of benzene rings is 1. The lowest BCUT2D eigenvalue weighted by Gasteiger charge is -2.08. The van der Waals surface area contributed by atoms with Crippen LogP contribution in [0.3, 0.4) is 0 Å². The van der Waals surface area contributed by atoms with Gasteiger partial charge >= 0.3 is 0 Å². The Morgan fingerprint density at radius 3 is 2.80 bits per heavy atom. The van der Waals surface area contributed by atoms with Gasteiger partial charge in [0.25, 0.3) is 0 Å². The van der Waals surface area contributed by atoms with Crippen LogP contribution in [0.5, 0.6) is 0 Å². The maximum absolute atomic E-state index is 5.72. The molecule has 0 radical (unpaired) electrons. The predicted octanol–water partition coefficient (Wildman–Crippen LogP) is 2.90. The monoisotopic (exact) mass is 276 g/mol. The highest BCUT2D eigenvalue weighted by atomic mass is 33.5. The van der Waals surface area contributed by atoms with Crippen LogP contribution < -0.4 is 0 Å². The summed E-state index contributed by atoms with van der Waals surface area (Å²) in [4.78, 5) is 0.642. The average Bonchev–Trinajstić information content (AvgIpc) is 2.26. The predicted molar refractivity (Wildman–Crippen MR) is 78.3 cm³/mol. The van der Waals surface area contributed by atoms with Crippen molar-refractivity contribution in [1.82, 2.24) is 0 Å². The van der Waals surface area contributed by atoms with Gasteiger partial charge < -0.3 is 4.43 Å². The molecule has 0 aliphatic carbocycles. The van der Waals surface area contributed by atoms with Crippen molar-refractivity contribution >= 4 is 42.0 Å². The second-order valence-corrected chi connectivity index (χ2v) is 9.36. The van der Waals surface area contributed by atoms with E-state index in [2.05, 4.69) is 42.9 Å². The van der Waals surface area contributed by atoms with Crippen molar-refractivity contribution in [1.29, 1.82) is 0 Å². The van der Waals surface area contributed by atoms with Crippen LogP contribution in [-0.2, 0) is 10.8 Å². The second-order valence-electron chi connectivity index (χ2n) is 3.29. The third-order valence-corrected chi connectivity index (χ3v) is 7.00. The first-order valence-electron chi connectivity index (χ1n) is 4.91. The molecule has 84 valence electrons. The smallest absolute Gasteiger partial charge is 0.174 e. The molecule has 0 N–H and O–H groups in total. The van der Waals surface area contributed by atoms with Crippen molar-refractivity contribution in [3.05, 3.63) is 35.9 Å². The third-order valence-electron chi connectivity index (χ3n) is 1.94. The Balaban J connectivity index is 2.07. The Bertz CT molecular complexity index is 258. The van der Waals surface area contributed by atoms with E-state index in [0.29, 0.717) is 4.87 Å². The molecule has 0 heterocycles.